The Morgan fingerprint density at radius 2 is 2.00 bits per heavy atom. The van der Waals surface area contributed by atoms with Crippen LogP contribution in [0.1, 0.15) is 5.56 Å². The van der Waals surface area contributed by atoms with Crippen LogP contribution in [0, 0.1) is 0 Å². The molecule has 0 aliphatic carbocycles. The van der Waals surface area contributed by atoms with Gasteiger partial charge in [-0.3, -0.25) is 11.3 Å². The first-order valence-electron chi connectivity index (χ1n) is 6.22. The zero-order valence-electron chi connectivity index (χ0n) is 10.9. The van der Waals surface area contributed by atoms with E-state index in [1.165, 1.54) is 4.90 Å². The van der Waals surface area contributed by atoms with Gasteiger partial charge in [0, 0.05) is 27.4 Å². The lowest BCUT2D eigenvalue weighted by atomic mass is 10.1. The van der Waals surface area contributed by atoms with Crippen molar-refractivity contribution in [2.24, 2.45) is 5.84 Å². The Morgan fingerprint density at radius 3 is 2.65 bits per heavy atom. The number of hydrazine groups is 1. The fraction of sp³-hybridized carbons (Fsp3) is 0.214. The van der Waals surface area contributed by atoms with Crippen molar-refractivity contribution >= 4 is 33.5 Å². The van der Waals surface area contributed by atoms with Crippen LogP contribution in [0.2, 0.25) is 0 Å². The molecule has 6 heteroatoms. The fourth-order valence-electron chi connectivity index (χ4n) is 1.80. The molecule has 1 aromatic carbocycles. The van der Waals surface area contributed by atoms with Gasteiger partial charge < -0.3 is 5.73 Å². The van der Waals surface area contributed by atoms with Gasteiger partial charge in [0.2, 0.25) is 0 Å². The first kappa shape index (κ1) is 15.3. The number of aromatic nitrogens is 1. The number of rotatable bonds is 6. The number of nitrogens with zero attached hydrogens (tertiary/aromatic N) is 1. The van der Waals surface area contributed by atoms with Crippen molar-refractivity contribution in [3.8, 4) is 0 Å². The van der Waals surface area contributed by atoms with Crippen molar-refractivity contribution < 1.29 is 0 Å². The van der Waals surface area contributed by atoms with E-state index in [1.54, 1.807) is 18.0 Å². The average molecular weight is 353 g/mol. The van der Waals surface area contributed by atoms with Crippen LogP contribution in [0.15, 0.2) is 52.0 Å². The molecule has 0 amide bonds. The summed E-state index contributed by atoms with van der Waals surface area (Å²) in [6.07, 6.45) is 2.55. The molecule has 0 radical (unpaired) electrons. The summed E-state index contributed by atoms with van der Waals surface area (Å²) < 4.78 is 1.09. The Bertz CT molecular complexity index is 547. The van der Waals surface area contributed by atoms with Gasteiger partial charge in [0.15, 0.2) is 0 Å². The van der Waals surface area contributed by atoms with Gasteiger partial charge in [-0.05, 0) is 48.4 Å². The smallest absolute Gasteiger partial charge is 0.123 e. The largest absolute Gasteiger partial charge is 0.384 e. The van der Waals surface area contributed by atoms with Crippen LogP contribution in [0.4, 0.5) is 5.82 Å². The van der Waals surface area contributed by atoms with Crippen LogP contribution >= 0.6 is 27.7 Å². The summed E-state index contributed by atoms with van der Waals surface area (Å²) in [5.41, 5.74) is 9.68. The zero-order chi connectivity index (χ0) is 14.4. The normalized spacial score (nSPS) is 12.3. The van der Waals surface area contributed by atoms with Crippen LogP contribution in [0.5, 0.6) is 0 Å². The summed E-state index contributed by atoms with van der Waals surface area (Å²) in [6, 6.07) is 12.3. The minimum absolute atomic E-state index is 0.186. The summed E-state index contributed by atoms with van der Waals surface area (Å²) in [4.78, 5) is 5.22. The molecule has 1 atom stereocenters. The van der Waals surface area contributed by atoms with Gasteiger partial charge in [-0.2, -0.15) is 0 Å². The van der Waals surface area contributed by atoms with Gasteiger partial charge in [-0.15, -0.1) is 11.8 Å². The van der Waals surface area contributed by atoms with Gasteiger partial charge in [-0.25, -0.2) is 4.98 Å². The molecule has 106 valence electrons. The van der Waals surface area contributed by atoms with Gasteiger partial charge in [-0.1, -0.05) is 15.9 Å². The summed E-state index contributed by atoms with van der Waals surface area (Å²) >= 11 is 5.21. The maximum absolute atomic E-state index is 5.68. The van der Waals surface area contributed by atoms with Gasteiger partial charge in [0.05, 0.1) is 0 Å². The number of hydrogen-bond donors (Lipinski definition) is 3. The molecule has 0 saturated carbocycles. The van der Waals surface area contributed by atoms with E-state index in [2.05, 4.69) is 38.5 Å². The Balaban J connectivity index is 1.90. The third-order valence-corrected chi connectivity index (χ3v) is 4.53. The van der Waals surface area contributed by atoms with Crippen molar-refractivity contribution in [1.29, 1.82) is 0 Å². The molecule has 0 bridgehead atoms. The fourth-order valence-corrected chi connectivity index (χ4v) is 3.00. The van der Waals surface area contributed by atoms with Crippen LogP contribution in [0.25, 0.3) is 0 Å². The van der Waals surface area contributed by atoms with Gasteiger partial charge in [0.1, 0.15) is 5.82 Å². The minimum Gasteiger partial charge on any atom is -0.384 e. The second kappa shape index (κ2) is 7.64. The highest BCUT2D eigenvalue weighted by atomic mass is 79.9. The third-order valence-electron chi connectivity index (χ3n) is 2.83. The monoisotopic (exact) mass is 352 g/mol. The maximum atomic E-state index is 5.68. The molecule has 0 fully saturated rings. The number of pyridine rings is 1. The number of benzene rings is 1. The van der Waals surface area contributed by atoms with Crippen molar-refractivity contribution in [3.63, 3.8) is 0 Å². The first-order chi connectivity index (χ1) is 9.67. The SMILES string of the molecule is NNC(CSc1ccc(Br)cc1)Cc1ccnc(N)c1. The molecule has 4 nitrogen and oxygen atoms in total. The Kier molecular flexibility index (Phi) is 5.85. The Hall–Kier alpha value is -1.08. The van der Waals surface area contributed by atoms with E-state index in [4.69, 9.17) is 11.6 Å². The molecule has 0 saturated heterocycles. The Labute approximate surface area is 131 Å². The van der Waals surface area contributed by atoms with Crippen LogP contribution < -0.4 is 17.0 Å². The summed E-state index contributed by atoms with van der Waals surface area (Å²) in [7, 11) is 0. The highest BCUT2D eigenvalue weighted by Gasteiger charge is 2.09. The predicted molar refractivity (Wildman–Crippen MR) is 88.3 cm³/mol. The van der Waals surface area contributed by atoms with Crippen LogP contribution in [0.3, 0.4) is 0 Å². The second-order valence-electron chi connectivity index (χ2n) is 4.42. The van der Waals surface area contributed by atoms with Crippen LogP contribution in [-0.2, 0) is 6.42 Å². The molecule has 5 N–H and O–H groups in total. The Morgan fingerprint density at radius 1 is 1.25 bits per heavy atom. The van der Waals surface area contributed by atoms with E-state index in [1.807, 2.05) is 24.3 Å². The number of thioether (sulfide) groups is 1. The molecule has 1 aromatic heterocycles. The zero-order valence-corrected chi connectivity index (χ0v) is 13.3. The van der Waals surface area contributed by atoms with E-state index in [-0.39, 0.29) is 6.04 Å². The molecular weight excluding hydrogens is 336 g/mol. The number of nitrogens with two attached hydrogens (primary N) is 2. The summed E-state index contributed by atoms with van der Waals surface area (Å²) in [6.45, 7) is 0. The highest BCUT2D eigenvalue weighted by molar-refractivity contribution is 9.10. The number of hydrogen-bond acceptors (Lipinski definition) is 5. The quantitative estimate of drug-likeness (QED) is 0.423. The number of nitrogen functional groups attached to an aromatic ring is 1. The summed E-state index contributed by atoms with van der Waals surface area (Å²) in [5, 5.41) is 0. The van der Waals surface area contributed by atoms with Crippen molar-refractivity contribution in [2.45, 2.75) is 17.4 Å². The van der Waals surface area contributed by atoms with Crippen molar-refractivity contribution in [2.75, 3.05) is 11.5 Å². The molecular formula is C14H17BrN4S. The van der Waals surface area contributed by atoms with E-state index in [9.17, 15) is 0 Å². The predicted octanol–water partition coefficient (Wildman–Crippen LogP) is 2.59. The molecule has 1 heterocycles. The molecule has 2 rings (SSSR count). The van der Waals surface area contributed by atoms with E-state index in [0.717, 1.165) is 22.2 Å². The molecule has 0 spiro atoms. The second-order valence-corrected chi connectivity index (χ2v) is 6.43. The topological polar surface area (TPSA) is 77.0 Å². The van der Waals surface area contributed by atoms with E-state index >= 15 is 0 Å². The summed E-state index contributed by atoms with van der Waals surface area (Å²) in [5.74, 6) is 7.06. The van der Waals surface area contributed by atoms with Crippen LogP contribution in [-0.4, -0.2) is 16.8 Å². The first-order valence-corrected chi connectivity index (χ1v) is 8.00. The molecule has 0 aliphatic rings. The molecule has 0 aliphatic heterocycles. The van der Waals surface area contributed by atoms with E-state index < -0.39 is 0 Å². The molecule has 1 unspecified atom stereocenters. The number of nitrogens with one attached hydrogen (secondary N) is 1. The lowest BCUT2D eigenvalue weighted by Crippen LogP contribution is -2.38. The lowest BCUT2D eigenvalue weighted by molar-refractivity contribution is 0.575. The highest BCUT2D eigenvalue weighted by Crippen LogP contribution is 2.22. The van der Waals surface area contributed by atoms with Gasteiger partial charge >= 0.3 is 0 Å². The lowest BCUT2D eigenvalue weighted by Gasteiger charge is -2.15. The standard InChI is InChI=1S/C14H17BrN4S/c15-11-1-3-13(4-2-11)20-9-12(19-17)7-10-5-6-18-14(16)8-10/h1-6,8,12,19H,7,9,17H2,(H2,16,18). The number of halogens is 1. The van der Waals surface area contributed by atoms with Crippen molar-refractivity contribution in [3.05, 3.63) is 52.6 Å². The van der Waals surface area contributed by atoms with Crippen molar-refractivity contribution in [1.82, 2.24) is 10.4 Å². The minimum atomic E-state index is 0.186. The van der Waals surface area contributed by atoms with Gasteiger partial charge in [0.25, 0.3) is 0 Å². The van der Waals surface area contributed by atoms with E-state index in [0.29, 0.717) is 5.82 Å². The molecule has 20 heavy (non-hydrogen) atoms. The third kappa shape index (κ3) is 4.79. The average Bonchev–Trinajstić information content (AvgIpc) is 2.45. The number of anilines is 1. The maximum Gasteiger partial charge on any atom is 0.123 e. The molecule has 2 aromatic rings.